The number of amides is 1. The molecule has 3 rings (SSSR count). The quantitative estimate of drug-likeness (QED) is 0.739. The fraction of sp³-hybridized carbons (Fsp3) is 0. The van der Waals surface area contributed by atoms with E-state index in [-0.39, 0.29) is 5.56 Å². The Morgan fingerprint density at radius 3 is 2.84 bits per heavy atom. The lowest BCUT2D eigenvalue weighted by molar-refractivity contribution is 0.102. The molecule has 2 N–H and O–H groups in total. The highest BCUT2D eigenvalue weighted by Crippen LogP contribution is 2.22. The molecule has 0 bridgehead atoms. The fourth-order valence-corrected chi connectivity index (χ4v) is 1.91. The van der Waals surface area contributed by atoms with Gasteiger partial charge in [-0.25, -0.2) is 4.39 Å². The number of anilines is 1. The predicted molar refractivity (Wildman–Crippen MR) is 70.4 cm³/mol. The van der Waals surface area contributed by atoms with E-state index in [1.54, 1.807) is 30.5 Å². The molecule has 1 aromatic heterocycles. The molecule has 3 aromatic rings. The standard InChI is InChI=1S/C14H10FN3O/c15-11-5-2-1-4-9(11)14(19)17-12-6-3-7-13-10(12)8-16-18-13/h1-8H,(H,16,18)(H,17,19). The van der Waals surface area contributed by atoms with Crippen molar-refractivity contribution in [2.45, 2.75) is 0 Å². The molecule has 0 aliphatic carbocycles. The van der Waals surface area contributed by atoms with E-state index in [4.69, 9.17) is 0 Å². The van der Waals surface area contributed by atoms with Gasteiger partial charge in [-0.2, -0.15) is 5.10 Å². The summed E-state index contributed by atoms with van der Waals surface area (Å²) >= 11 is 0. The summed E-state index contributed by atoms with van der Waals surface area (Å²) in [5, 5.41) is 10.2. The molecule has 0 saturated heterocycles. The van der Waals surface area contributed by atoms with E-state index in [2.05, 4.69) is 15.5 Å². The lowest BCUT2D eigenvalue weighted by Crippen LogP contribution is -2.13. The summed E-state index contributed by atoms with van der Waals surface area (Å²) in [6.07, 6.45) is 1.62. The molecule has 0 unspecified atom stereocenters. The van der Waals surface area contributed by atoms with Crippen molar-refractivity contribution < 1.29 is 9.18 Å². The van der Waals surface area contributed by atoms with E-state index in [0.717, 1.165) is 10.9 Å². The number of hydrogen-bond acceptors (Lipinski definition) is 2. The number of carbonyl (C=O) groups excluding carboxylic acids is 1. The Bertz CT molecular complexity index is 751. The second-order valence-electron chi connectivity index (χ2n) is 4.07. The number of rotatable bonds is 2. The van der Waals surface area contributed by atoms with Crippen molar-refractivity contribution in [2.24, 2.45) is 0 Å². The summed E-state index contributed by atoms with van der Waals surface area (Å²) in [5.41, 5.74) is 1.42. The first-order valence-corrected chi connectivity index (χ1v) is 5.73. The first-order valence-electron chi connectivity index (χ1n) is 5.73. The van der Waals surface area contributed by atoms with Crippen LogP contribution in [0.3, 0.4) is 0 Å². The second-order valence-corrected chi connectivity index (χ2v) is 4.07. The monoisotopic (exact) mass is 255 g/mol. The Morgan fingerprint density at radius 2 is 2.00 bits per heavy atom. The number of fused-ring (bicyclic) bond motifs is 1. The Balaban J connectivity index is 1.95. The van der Waals surface area contributed by atoms with Gasteiger partial charge >= 0.3 is 0 Å². The SMILES string of the molecule is O=C(Nc1cccc2[nH]ncc12)c1ccccc1F. The Kier molecular flexibility index (Phi) is 2.72. The van der Waals surface area contributed by atoms with Gasteiger partial charge in [0.1, 0.15) is 5.82 Å². The van der Waals surface area contributed by atoms with Crippen LogP contribution in [0.5, 0.6) is 0 Å². The maximum atomic E-state index is 13.5. The van der Waals surface area contributed by atoms with Crippen molar-refractivity contribution in [3.63, 3.8) is 0 Å². The van der Waals surface area contributed by atoms with E-state index in [9.17, 15) is 9.18 Å². The third-order valence-corrected chi connectivity index (χ3v) is 2.85. The zero-order chi connectivity index (χ0) is 13.2. The molecule has 0 aliphatic rings. The largest absolute Gasteiger partial charge is 0.321 e. The van der Waals surface area contributed by atoms with Gasteiger partial charge < -0.3 is 5.32 Å². The molecule has 94 valence electrons. The van der Waals surface area contributed by atoms with Gasteiger partial charge in [-0.15, -0.1) is 0 Å². The average molecular weight is 255 g/mol. The van der Waals surface area contributed by atoms with E-state index in [0.29, 0.717) is 5.69 Å². The average Bonchev–Trinajstić information content (AvgIpc) is 2.88. The lowest BCUT2D eigenvalue weighted by atomic mass is 10.1. The number of carbonyl (C=O) groups is 1. The highest BCUT2D eigenvalue weighted by atomic mass is 19.1. The molecule has 1 heterocycles. The third kappa shape index (κ3) is 2.06. The van der Waals surface area contributed by atoms with E-state index in [1.165, 1.54) is 12.1 Å². The summed E-state index contributed by atoms with van der Waals surface area (Å²) in [5.74, 6) is -1.02. The number of nitrogens with one attached hydrogen (secondary N) is 2. The van der Waals surface area contributed by atoms with Crippen LogP contribution in [-0.2, 0) is 0 Å². The Hall–Kier alpha value is -2.69. The Morgan fingerprint density at radius 1 is 1.16 bits per heavy atom. The number of benzene rings is 2. The van der Waals surface area contributed by atoms with Gasteiger partial charge in [-0.3, -0.25) is 9.89 Å². The van der Waals surface area contributed by atoms with Gasteiger partial charge in [0, 0.05) is 5.39 Å². The molecule has 0 saturated carbocycles. The van der Waals surface area contributed by atoms with Crippen LogP contribution in [0.1, 0.15) is 10.4 Å². The molecule has 0 spiro atoms. The van der Waals surface area contributed by atoms with Crippen molar-refractivity contribution in [3.05, 3.63) is 60.0 Å². The van der Waals surface area contributed by atoms with Gasteiger partial charge in [0.2, 0.25) is 0 Å². The van der Waals surface area contributed by atoms with Crippen molar-refractivity contribution in [1.82, 2.24) is 10.2 Å². The minimum atomic E-state index is -0.542. The molecule has 4 nitrogen and oxygen atoms in total. The molecule has 5 heteroatoms. The fourth-order valence-electron chi connectivity index (χ4n) is 1.91. The molecule has 0 radical (unpaired) electrons. The molecule has 2 aromatic carbocycles. The highest BCUT2D eigenvalue weighted by Gasteiger charge is 2.12. The van der Waals surface area contributed by atoms with Crippen LogP contribution in [0.25, 0.3) is 10.9 Å². The second kappa shape index (κ2) is 4.53. The molecule has 0 aliphatic heterocycles. The first kappa shape index (κ1) is 11.4. The number of halogens is 1. The molecule has 0 fully saturated rings. The molecular formula is C14H10FN3O. The van der Waals surface area contributed by atoms with Gasteiger partial charge in [-0.05, 0) is 24.3 Å². The van der Waals surface area contributed by atoms with Gasteiger partial charge in [0.05, 0.1) is 23.0 Å². The topological polar surface area (TPSA) is 57.8 Å². The van der Waals surface area contributed by atoms with Crippen LogP contribution >= 0.6 is 0 Å². The predicted octanol–water partition coefficient (Wildman–Crippen LogP) is 2.95. The summed E-state index contributed by atoms with van der Waals surface area (Å²) in [7, 11) is 0. The van der Waals surface area contributed by atoms with Crippen LogP contribution in [-0.4, -0.2) is 16.1 Å². The van der Waals surface area contributed by atoms with Crippen molar-refractivity contribution in [1.29, 1.82) is 0 Å². The molecular weight excluding hydrogens is 245 g/mol. The summed E-state index contributed by atoms with van der Waals surface area (Å²) in [6, 6.07) is 11.3. The number of H-pyrrole nitrogens is 1. The summed E-state index contributed by atoms with van der Waals surface area (Å²) < 4.78 is 13.5. The van der Waals surface area contributed by atoms with E-state index < -0.39 is 11.7 Å². The van der Waals surface area contributed by atoms with Crippen molar-refractivity contribution in [2.75, 3.05) is 5.32 Å². The third-order valence-electron chi connectivity index (χ3n) is 2.85. The minimum absolute atomic E-state index is 0.0167. The maximum Gasteiger partial charge on any atom is 0.258 e. The highest BCUT2D eigenvalue weighted by molar-refractivity contribution is 6.08. The number of aromatic amines is 1. The zero-order valence-corrected chi connectivity index (χ0v) is 9.85. The van der Waals surface area contributed by atoms with Gasteiger partial charge in [0.15, 0.2) is 0 Å². The first-order chi connectivity index (χ1) is 9.25. The van der Waals surface area contributed by atoms with Crippen molar-refractivity contribution in [3.8, 4) is 0 Å². The Labute approximate surface area is 108 Å². The van der Waals surface area contributed by atoms with Crippen molar-refractivity contribution >= 4 is 22.5 Å². The lowest BCUT2D eigenvalue weighted by Gasteiger charge is -2.06. The molecule has 1 amide bonds. The smallest absolute Gasteiger partial charge is 0.258 e. The number of nitrogens with zero attached hydrogens (tertiary/aromatic N) is 1. The molecule has 0 atom stereocenters. The van der Waals surface area contributed by atoms with Crippen LogP contribution in [0.2, 0.25) is 0 Å². The van der Waals surface area contributed by atoms with Crippen LogP contribution < -0.4 is 5.32 Å². The minimum Gasteiger partial charge on any atom is -0.321 e. The number of aromatic nitrogens is 2. The zero-order valence-electron chi connectivity index (χ0n) is 9.85. The van der Waals surface area contributed by atoms with E-state index >= 15 is 0 Å². The normalized spacial score (nSPS) is 10.6. The summed E-state index contributed by atoms with van der Waals surface area (Å²) in [4.78, 5) is 12.0. The van der Waals surface area contributed by atoms with Crippen LogP contribution in [0.15, 0.2) is 48.7 Å². The summed E-state index contributed by atoms with van der Waals surface area (Å²) in [6.45, 7) is 0. The maximum absolute atomic E-state index is 13.5. The van der Waals surface area contributed by atoms with E-state index in [1.807, 2.05) is 6.07 Å². The van der Waals surface area contributed by atoms with Crippen LogP contribution in [0.4, 0.5) is 10.1 Å². The van der Waals surface area contributed by atoms with Crippen LogP contribution in [0, 0.1) is 5.82 Å². The number of hydrogen-bond donors (Lipinski definition) is 2. The van der Waals surface area contributed by atoms with Gasteiger partial charge in [-0.1, -0.05) is 18.2 Å². The molecule has 19 heavy (non-hydrogen) atoms. The van der Waals surface area contributed by atoms with Gasteiger partial charge in [0.25, 0.3) is 5.91 Å².